The molecule has 0 fully saturated rings. The molecule has 4 heteroatoms. The zero-order valence-electron chi connectivity index (χ0n) is 14.6. The lowest BCUT2D eigenvalue weighted by molar-refractivity contribution is -0.133. The van der Waals surface area contributed by atoms with E-state index in [0.29, 0.717) is 30.5 Å². The molecule has 2 rings (SSSR count). The first-order valence-electron chi connectivity index (χ1n) is 8.31. The van der Waals surface area contributed by atoms with Crippen molar-refractivity contribution in [2.75, 3.05) is 0 Å². The Morgan fingerprint density at radius 1 is 0.920 bits per heavy atom. The third-order valence-electron chi connectivity index (χ3n) is 4.09. The van der Waals surface area contributed by atoms with Gasteiger partial charge in [-0.25, -0.2) is 0 Å². The molecule has 0 aliphatic rings. The van der Waals surface area contributed by atoms with Crippen molar-refractivity contribution in [2.24, 2.45) is 0 Å². The zero-order valence-corrected chi connectivity index (χ0v) is 14.6. The summed E-state index contributed by atoms with van der Waals surface area (Å²) in [6, 6.07) is 19.0. The molecule has 0 radical (unpaired) electrons. The number of amides is 1. The third-order valence-corrected chi connectivity index (χ3v) is 4.09. The van der Waals surface area contributed by atoms with E-state index in [2.05, 4.69) is 12.1 Å². The van der Waals surface area contributed by atoms with Gasteiger partial charge in [0.2, 0.25) is 5.91 Å². The van der Waals surface area contributed by atoms with Crippen LogP contribution in [0.3, 0.4) is 0 Å². The second-order valence-electron chi connectivity index (χ2n) is 6.23. The number of benzene rings is 2. The maximum absolute atomic E-state index is 12.6. The summed E-state index contributed by atoms with van der Waals surface area (Å²) in [6.45, 7) is 4.54. The van der Waals surface area contributed by atoms with E-state index < -0.39 is 0 Å². The molecule has 0 aromatic heterocycles. The number of rotatable bonds is 6. The maximum Gasteiger partial charge on any atom is 0.223 e. The van der Waals surface area contributed by atoms with E-state index in [0.717, 1.165) is 11.1 Å². The number of carbonyl (C=O) groups excluding carboxylic acids is 1. The van der Waals surface area contributed by atoms with Gasteiger partial charge in [-0.05, 0) is 55.7 Å². The minimum atomic E-state index is 0.101. The van der Waals surface area contributed by atoms with Gasteiger partial charge in [-0.15, -0.1) is 0 Å². The molecule has 4 nitrogen and oxygen atoms in total. The predicted octanol–water partition coefficient (Wildman–Crippen LogP) is 3.80. The van der Waals surface area contributed by atoms with Gasteiger partial charge in [0.25, 0.3) is 0 Å². The van der Waals surface area contributed by atoms with Crippen molar-refractivity contribution < 1.29 is 4.79 Å². The number of carbonyl (C=O) groups is 1. The number of aryl methyl sites for hydroxylation is 1. The summed E-state index contributed by atoms with van der Waals surface area (Å²) >= 11 is 0. The van der Waals surface area contributed by atoms with Gasteiger partial charge < -0.3 is 4.90 Å². The van der Waals surface area contributed by atoms with E-state index in [4.69, 9.17) is 10.5 Å². The van der Waals surface area contributed by atoms with Crippen LogP contribution in [0, 0.1) is 22.7 Å². The predicted molar refractivity (Wildman–Crippen MR) is 96.3 cm³/mol. The summed E-state index contributed by atoms with van der Waals surface area (Å²) in [4.78, 5) is 14.5. The average Bonchev–Trinajstić information content (AvgIpc) is 2.64. The lowest BCUT2D eigenvalue weighted by Crippen LogP contribution is -2.36. The second-order valence-corrected chi connectivity index (χ2v) is 6.23. The van der Waals surface area contributed by atoms with E-state index in [1.54, 1.807) is 24.3 Å². The number of nitriles is 2. The Morgan fingerprint density at radius 3 is 1.84 bits per heavy atom. The molecule has 0 N–H and O–H groups in total. The van der Waals surface area contributed by atoms with E-state index in [-0.39, 0.29) is 11.9 Å². The summed E-state index contributed by atoms with van der Waals surface area (Å²) in [5.74, 6) is 0.101. The summed E-state index contributed by atoms with van der Waals surface area (Å²) in [7, 11) is 0. The van der Waals surface area contributed by atoms with Gasteiger partial charge in [-0.2, -0.15) is 10.5 Å². The third kappa shape index (κ3) is 5.19. The van der Waals surface area contributed by atoms with E-state index in [1.807, 2.05) is 43.0 Å². The number of hydrogen-bond donors (Lipinski definition) is 0. The van der Waals surface area contributed by atoms with Crippen molar-refractivity contribution in [3.05, 3.63) is 70.8 Å². The molecular formula is C21H21N3O. The van der Waals surface area contributed by atoms with Crippen molar-refractivity contribution in [3.8, 4) is 12.1 Å². The Bertz CT molecular complexity index is 793. The first-order chi connectivity index (χ1) is 12.0. The van der Waals surface area contributed by atoms with Crippen LogP contribution < -0.4 is 0 Å². The summed E-state index contributed by atoms with van der Waals surface area (Å²) in [5, 5.41) is 17.7. The van der Waals surface area contributed by atoms with Crippen LogP contribution in [0.4, 0.5) is 0 Å². The molecule has 0 unspecified atom stereocenters. The minimum Gasteiger partial charge on any atom is -0.336 e. The largest absolute Gasteiger partial charge is 0.336 e. The minimum absolute atomic E-state index is 0.101. The first-order valence-corrected chi connectivity index (χ1v) is 8.31. The first kappa shape index (κ1) is 18.2. The van der Waals surface area contributed by atoms with Crippen LogP contribution >= 0.6 is 0 Å². The highest BCUT2D eigenvalue weighted by Crippen LogP contribution is 2.13. The highest BCUT2D eigenvalue weighted by Gasteiger charge is 2.17. The Balaban J connectivity index is 1.99. The van der Waals surface area contributed by atoms with Crippen LogP contribution in [0.1, 0.15) is 42.5 Å². The lowest BCUT2D eigenvalue weighted by Gasteiger charge is -2.27. The Morgan fingerprint density at radius 2 is 1.40 bits per heavy atom. The molecule has 2 aromatic carbocycles. The van der Waals surface area contributed by atoms with Crippen molar-refractivity contribution in [2.45, 2.75) is 39.3 Å². The van der Waals surface area contributed by atoms with Crippen LogP contribution in [-0.2, 0) is 17.8 Å². The molecule has 0 bridgehead atoms. The van der Waals surface area contributed by atoms with Gasteiger partial charge in [0.05, 0.1) is 23.3 Å². The fourth-order valence-corrected chi connectivity index (χ4v) is 2.58. The van der Waals surface area contributed by atoms with Crippen LogP contribution in [0.5, 0.6) is 0 Å². The van der Waals surface area contributed by atoms with Gasteiger partial charge >= 0.3 is 0 Å². The smallest absolute Gasteiger partial charge is 0.223 e. The fourth-order valence-electron chi connectivity index (χ4n) is 2.58. The SMILES string of the molecule is CC(C)N(Cc1ccc(C#N)cc1)C(=O)CCc1ccc(C#N)cc1. The fraction of sp³-hybridized carbons (Fsp3) is 0.286. The lowest BCUT2D eigenvalue weighted by atomic mass is 10.1. The molecule has 0 aliphatic carbocycles. The zero-order chi connectivity index (χ0) is 18.2. The molecule has 0 saturated carbocycles. The summed E-state index contributed by atoms with van der Waals surface area (Å²) < 4.78 is 0. The van der Waals surface area contributed by atoms with Crippen molar-refractivity contribution in [1.29, 1.82) is 10.5 Å². The van der Waals surface area contributed by atoms with Gasteiger partial charge in [0, 0.05) is 19.0 Å². The Hall–Kier alpha value is -3.11. The van der Waals surface area contributed by atoms with Crippen LogP contribution in [-0.4, -0.2) is 16.8 Å². The highest BCUT2D eigenvalue weighted by atomic mass is 16.2. The van der Waals surface area contributed by atoms with Gasteiger partial charge in [0.1, 0.15) is 0 Å². The van der Waals surface area contributed by atoms with Crippen LogP contribution in [0.15, 0.2) is 48.5 Å². The molecule has 1 amide bonds. The maximum atomic E-state index is 12.6. The van der Waals surface area contributed by atoms with E-state index >= 15 is 0 Å². The topological polar surface area (TPSA) is 67.9 Å². The quantitative estimate of drug-likeness (QED) is 0.808. The van der Waals surface area contributed by atoms with Gasteiger partial charge in [0.15, 0.2) is 0 Å². The molecule has 126 valence electrons. The summed E-state index contributed by atoms with van der Waals surface area (Å²) in [5.41, 5.74) is 3.31. The molecule has 0 heterocycles. The monoisotopic (exact) mass is 331 g/mol. The normalized spacial score (nSPS) is 10.1. The van der Waals surface area contributed by atoms with E-state index in [9.17, 15) is 4.79 Å². The molecule has 2 aromatic rings. The van der Waals surface area contributed by atoms with Crippen LogP contribution in [0.2, 0.25) is 0 Å². The van der Waals surface area contributed by atoms with Crippen molar-refractivity contribution in [1.82, 2.24) is 4.90 Å². The Kier molecular flexibility index (Phi) is 6.32. The van der Waals surface area contributed by atoms with Gasteiger partial charge in [-0.3, -0.25) is 4.79 Å². The highest BCUT2D eigenvalue weighted by molar-refractivity contribution is 5.76. The second kappa shape index (κ2) is 8.66. The molecular weight excluding hydrogens is 310 g/mol. The molecule has 25 heavy (non-hydrogen) atoms. The molecule has 0 spiro atoms. The number of nitrogens with zero attached hydrogens (tertiary/aromatic N) is 3. The standard InChI is InChI=1S/C21H21N3O/c1-16(2)24(15-20-9-7-19(14-23)8-10-20)21(25)12-11-17-3-5-18(13-22)6-4-17/h3-10,16H,11-12,15H2,1-2H3. The average molecular weight is 331 g/mol. The van der Waals surface area contributed by atoms with E-state index in [1.165, 1.54) is 0 Å². The summed E-state index contributed by atoms with van der Waals surface area (Å²) in [6.07, 6.45) is 1.08. The van der Waals surface area contributed by atoms with Crippen molar-refractivity contribution in [3.63, 3.8) is 0 Å². The molecule has 0 atom stereocenters. The molecule has 0 aliphatic heterocycles. The Labute approximate surface area is 148 Å². The molecule has 0 saturated heterocycles. The van der Waals surface area contributed by atoms with Gasteiger partial charge in [-0.1, -0.05) is 24.3 Å². The number of hydrogen-bond acceptors (Lipinski definition) is 3. The van der Waals surface area contributed by atoms with Crippen LogP contribution in [0.25, 0.3) is 0 Å². The van der Waals surface area contributed by atoms with Crippen molar-refractivity contribution >= 4 is 5.91 Å².